The maximum atomic E-state index is 13.7. The van der Waals surface area contributed by atoms with Gasteiger partial charge in [0.2, 0.25) is 23.6 Å². The number of aliphatic hydroxyl groups is 8. The molecule has 36 nitrogen and oxygen atoms in total. The number of benzene rings is 4. The van der Waals surface area contributed by atoms with Crippen LogP contribution in [-0.4, -0.2) is 257 Å². The number of rotatable bonds is 35. The van der Waals surface area contributed by atoms with Crippen LogP contribution in [0.25, 0.3) is 46.6 Å². The number of carbonyl (C=O) groups excluding carboxylic acids is 12. The maximum absolute atomic E-state index is 13.7. The van der Waals surface area contributed by atoms with E-state index in [9.17, 15) is 116 Å². The highest BCUT2D eigenvalue weighted by atomic mass is 19.1. The number of H-pyrrole nitrogens is 4. The first kappa shape index (κ1) is 106. The Morgan fingerprint density at radius 3 is 0.862 bits per heavy atom. The number of anilines is 4. The number of nitrogens with zero attached hydrogens (tertiary/aromatic N) is 2. The fourth-order valence-electron chi connectivity index (χ4n) is 16.3. The number of aromatic amines is 4. The molecule has 138 heavy (non-hydrogen) atoms. The van der Waals surface area contributed by atoms with E-state index >= 15 is 0 Å². The number of halogens is 4. The van der Waals surface area contributed by atoms with Gasteiger partial charge in [0.15, 0.2) is 0 Å². The molecule has 12 amide bonds. The van der Waals surface area contributed by atoms with Gasteiger partial charge in [0, 0.05) is 183 Å². The molecule has 5 aliphatic rings. The number of fused-ring (bicyclic) bond motifs is 4. The second kappa shape index (κ2) is 47.2. The van der Waals surface area contributed by atoms with Crippen molar-refractivity contribution in [3.8, 4) is 0 Å². The molecule has 0 saturated heterocycles. The molecule has 4 aromatic carbocycles. The number of aryl methyl sites for hydroxylation is 4. The summed E-state index contributed by atoms with van der Waals surface area (Å²) in [6, 6.07) is 16.4. The molecule has 0 spiro atoms. The van der Waals surface area contributed by atoms with Gasteiger partial charge in [0.25, 0.3) is 47.3 Å². The van der Waals surface area contributed by atoms with Crippen molar-refractivity contribution >= 4 is 140 Å². The van der Waals surface area contributed by atoms with Crippen molar-refractivity contribution in [1.82, 2.24) is 61.6 Å². The molecule has 1 fully saturated rings. The molecule has 1 saturated carbocycles. The summed E-state index contributed by atoms with van der Waals surface area (Å²) in [7, 11) is 4.61. The van der Waals surface area contributed by atoms with Crippen LogP contribution in [0.15, 0.2) is 72.8 Å². The molecule has 0 radical (unpaired) electrons. The van der Waals surface area contributed by atoms with Gasteiger partial charge in [0.1, 0.15) is 23.3 Å². The van der Waals surface area contributed by atoms with Crippen LogP contribution in [-0.2, 0) is 38.4 Å². The molecule has 8 heterocycles. The molecular formula is C98H118F4N16O20. The molecule has 4 aromatic heterocycles. The summed E-state index contributed by atoms with van der Waals surface area (Å²) in [6.45, 7) is 18.1. The number of hydrogen-bond acceptors (Lipinski definition) is 20. The summed E-state index contributed by atoms with van der Waals surface area (Å²) in [6.07, 6.45) is -0.722. The minimum absolute atomic E-state index is 0.0497. The Balaban J connectivity index is 0.000000190. The molecule has 8 atom stereocenters. The van der Waals surface area contributed by atoms with Crippen molar-refractivity contribution in [2.45, 2.75) is 188 Å². The molecule has 4 aliphatic heterocycles. The van der Waals surface area contributed by atoms with Gasteiger partial charge in [-0.25, -0.2) is 17.6 Å². The van der Waals surface area contributed by atoms with Crippen LogP contribution in [0.3, 0.4) is 0 Å². The highest BCUT2D eigenvalue weighted by Gasteiger charge is 2.34. The third-order valence-electron chi connectivity index (χ3n) is 23.7. The predicted molar refractivity (Wildman–Crippen MR) is 509 cm³/mol. The lowest BCUT2D eigenvalue weighted by molar-refractivity contribution is -0.133. The first-order chi connectivity index (χ1) is 65.2. The van der Waals surface area contributed by atoms with E-state index in [0.717, 1.165) is 12.8 Å². The Morgan fingerprint density at radius 2 is 0.623 bits per heavy atom. The minimum atomic E-state index is -1.04. The Hall–Kier alpha value is -14.0. The molecule has 1 aliphatic carbocycles. The van der Waals surface area contributed by atoms with Crippen molar-refractivity contribution < 1.29 is 116 Å². The number of aromatic nitrogens is 4. The molecule has 40 heteroatoms. The third-order valence-corrected chi connectivity index (χ3v) is 23.7. The maximum Gasteiger partial charge on any atom is 0.256 e. The van der Waals surface area contributed by atoms with Gasteiger partial charge in [-0.3, -0.25) is 57.5 Å². The SMILES string of the molecule is CCN(CC)C(=O)C[C@H](O)C[C@H](O)CNC(=O)c1c(C)[nH]c(/C=C2\C(=O)Nc3ccc(F)cc32)c1C.CNC(=O)C[C@H](O)C[C@H](O)CNC(=O)c1c(C)[nH]c(/C=C2\C(=O)Nc3ccc(F)cc32)c1C.Cc1[nH]c(/C=C2\C(=O)Nc3ccc(F)cc32)c(C)c1C(=O)NC[C@@H](O)C[C@@H](O)CC(=O)N(C)C.Cc1[nH]c(/C=C2\C(=O)Nc3ccc(F)cc32)c(C)c1C(=O)NC[C@@H](O)C[C@@H](O)CC(=O)NC1CC1. The zero-order valence-electron chi connectivity index (χ0n) is 78.6. The average molecular weight is 1920 g/mol. The van der Waals surface area contributed by atoms with E-state index in [1.54, 1.807) is 98.7 Å². The Morgan fingerprint density at radius 1 is 0.377 bits per heavy atom. The van der Waals surface area contributed by atoms with Gasteiger partial charge in [-0.1, -0.05) is 0 Å². The topological polar surface area (TPSA) is 557 Å². The summed E-state index contributed by atoms with van der Waals surface area (Å²) in [4.78, 5) is 163. The smallest absolute Gasteiger partial charge is 0.256 e. The lowest BCUT2D eigenvalue weighted by Crippen LogP contribution is -2.37. The van der Waals surface area contributed by atoms with Crippen molar-refractivity contribution in [3.05, 3.63) is 208 Å². The van der Waals surface area contributed by atoms with Gasteiger partial charge < -0.3 is 124 Å². The second-order valence-corrected chi connectivity index (χ2v) is 34.7. The molecule has 22 N–H and O–H groups in total. The molecule has 738 valence electrons. The summed E-state index contributed by atoms with van der Waals surface area (Å²) >= 11 is 0. The molecule has 13 rings (SSSR count). The lowest BCUT2D eigenvalue weighted by atomic mass is 10.0. The van der Waals surface area contributed by atoms with Gasteiger partial charge in [-0.15, -0.1) is 0 Å². The first-order valence-corrected chi connectivity index (χ1v) is 44.9. The zero-order chi connectivity index (χ0) is 101. The quantitative estimate of drug-likeness (QED) is 0.0141. The van der Waals surface area contributed by atoms with E-state index in [1.165, 1.54) is 84.7 Å². The minimum Gasteiger partial charge on any atom is -0.392 e. The largest absolute Gasteiger partial charge is 0.392 e. The zero-order valence-corrected chi connectivity index (χ0v) is 78.6. The summed E-state index contributed by atoms with van der Waals surface area (Å²) in [5.41, 5.74) is 13.1. The van der Waals surface area contributed by atoms with Crippen LogP contribution in [0.4, 0.5) is 40.3 Å². The fourth-order valence-corrected chi connectivity index (χ4v) is 16.3. The van der Waals surface area contributed by atoms with Crippen molar-refractivity contribution in [2.75, 3.05) is 81.7 Å². The lowest BCUT2D eigenvalue weighted by Gasteiger charge is -2.21. The summed E-state index contributed by atoms with van der Waals surface area (Å²) < 4.78 is 54.8. The van der Waals surface area contributed by atoms with Crippen LogP contribution in [0, 0.1) is 78.7 Å². The summed E-state index contributed by atoms with van der Waals surface area (Å²) in [5.74, 6) is -6.09. The number of amides is 12. The van der Waals surface area contributed by atoms with E-state index < -0.39 is 95.7 Å². The van der Waals surface area contributed by atoms with E-state index in [0.29, 0.717) is 148 Å². The van der Waals surface area contributed by atoms with Gasteiger partial charge in [0.05, 0.1) is 119 Å². The number of aliphatic hydroxyl groups excluding tert-OH is 8. The van der Waals surface area contributed by atoms with Gasteiger partial charge in [-0.05, 0) is 201 Å². The van der Waals surface area contributed by atoms with E-state index in [-0.39, 0.29) is 153 Å². The van der Waals surface area contributed by atoms with E-state index in [1.807, 2.05) is 13.8 Å². The van der Waals surface area contributed by atoms with Crippen LogP contribution in [0.5, 0.6) is 0 Å². The first-order valence-electron chi connectivity index (χ1n) is 44.9. The number of carbonyl (C=O) groups is 12. The van der Waals surface area contributed by atoms with Gasteiger partial charge >= 0.3 is 0 Å². The van der Waals surface area contributed by atoms with Gasteiger partial charge in [-0.2, -0.15) is 0 Å². The van der Waals surface area contributed by atoms with Crippen LogP contribution < -0.4 is 53.2 Å². The Labute approximate surface area is 792 Å². The van der Waals surface area contributed by atoms with Crippen LogP contribution in [0.2, 0.25) is 0 Å². The monoisotopic (exact) mass is 1910 g/mol. The number of hydrogen-bond donors (Lipinski definition) is 22. The highest BCUT2D eigenvalue weighted by molar-refractivity contribution is 6.37. The van der Waals surface area contributed by atoms with Crippen LogP contribution >= 0.6 is 0 Å². The normalized spacial score (nSPS) is 16.1. The molecular weight excluding hydrogens is 1800 g/mol. The Bertz CT molecular complexity index is 6110. The average Bonchev–Trinajstić information content (AvgIpc) is 1.65. The van der Waals surface area contributed by atoms with Crippen molar-refractivity contribution in [2.24, 2.45) is 0 Å². The van der Waals surface area contributed by atoms with E-state index in [2.05, 4.69) is 73.1 Å². The number of nitrogens with one attached hydrogen (secondary N) is 14. The third kappa shape index (κ3) is 27.5. The Kier molecular flexibility index (Phi) is 36.3. The predicted octanol–water partition coefficient (Wildman–Crippen LogP) is 6.96. The van der Waals surface area contributed by atoms with Crippen molar-refractivity contribution in [3.63, 3.8) is 0 Å². The molecule has 0 bridgehead atoms. The molecule has 8 aromatic rings. The van der Waals surface area contributed by atoms with E-state index in [4.69, 9.17) is 0 Å². The molecule has 0 unspecified atom stereocenters. The second-order valence-electron chi connectivity index (χ2n) is 34.7. The fraction of sp³-hybridized carbons (Fsp3) is 0.388. The standard InChI is InChI=1S/C26H33FN4O5.C25H29FN4O5.C24H29FN4O5.C23H27FN4O5/c1-5-31(6-2)23(34)11-17(32)10-18(33)13-28-26(36)24-14(3)22(29-15(24)4)12-20-19-9-16(27)7-8-21(19)30-25(20)35;1-12-21(10-19-18-7-14(26)3-6-20(18)30-24(19)34)28-13(2)23(12)25(35)27-11-17(32)8-16(31)9-22(33)29-15-4-5-15;1-12-20(10-18-17-7-14(25)5-6-19(17)28-23(18)33)27-13(2)22(12)24(34)26-11-16(31)8-15(30)9-21(32)29(3)4;1-11-19(9-17-16-6-13(24)4-5-18(16)28-22(17)32)27-12(2)21(11)23(33)26-10-15(30)7-14(29)8-20(31)25-3/h7-9,12,17-18,29,32-33H,5-6,10-11,13H2,1-4H3,(H,28,36)(H,30,35);3,6-7,10,15-17,28,31-32H,4-5,8-9,11H2,1-2H3,(H,27,35)(H,29,33)(H,30,34);5-7,10,15-16,27,30-31H,8-9,11H2,1-4H3,(H,26,34)(H,28,33);4-6,9,14-15,27,29-30H,7-8,10H2,1-3H3,(H,25,31)(H,26,33)(H,28,32)/b20-12-;19-10-;18-10-;17-9-/t17-,18+;16-,17+;15-,16+;14-,15+/m1111/s1. The highest BCUT2D eigenvalue weighted by Crippen LogP contribution is 2.40. The summed E-state index contributed by atoms with van der Waals surface area (Å²) in [5, 5.41) is 107. The van der Waals surface area contributed by atoms with Crippen molar-refractivity contribution in [1.29, 1.82) is 0 Å². The van der Waals surface area contributed by atoms with Crippen LogP contribution in [0.1, 0.15) is 210 Å².